The van der Waals surface area contributed by atoms with E-state index in [0.29, 0.717) is 11.8 Å². The SMILES string of the molecule is CN1CCCC(C2CNC(C)(C(=O)O)C2)C1. The number of rotatable bonds is 2. The number of hydrogen-bond donors (Lipinski definition) is 2. The van der Waals surface area contributed by atoms with E-state index in [1.807, 2.05) is 6.92 Å². The van der Waals surface area contributed by atoms with Gasteiger partial charge in [0.05, 0.1) is 0 Å². The molecule has 2 saturated heterocycles. The van der Waals surface area contributed by atoms with Crippen LogP contribution in [0.25, 0.3) is 0 Å². The van der Waals surface area contributed by atoms with Crippen LogP contribution in [0.1, 0.15) is 26.2 Å². The normalized spacial score (nSPS) is 41.1. The van der Waals surface area contributed by atoms with Crippen LogP contribution < -0.4 is 5.32 Å². The molecular formula is C12H22N2O2. The van der Waals surface area contributed by atoms with E-state index in [1.165, 1.54) is 19.4 Å². The van der Waals surface area contributed by atoms with Crippen molar-refractivity contribution in [1.29, 1.82) is 0 Å². The first-order valence-electron chi connectivity index (χ1n) is 6.18. The van der Waals surface area contributed by atoms with E-state index in [-0.39, 0.29) is 0 Å². The molecule has 0 aromatic rings. The van der Waals surface area contributed by atoms with Crippen LogP contribution in [0.2, 0.25) is 0 Å². The summed E-state index contributed by atoms with van der Waals surface area (Å²) in [5.74, 6) is 0.496. The molecule has 3 atom stereocenters. The lowest BCUT2D eigenvalue weighted by molar-refractivity contribution is -0.143. The molecule has 0 amide bonds. The average molecular weight is 226 g/mol. The maximum atomic E-state index is 11.1. The Balaban J connectivity index is 1.95. The van der Waals surface area contributed by atoms with Gasteiger partial charge < -0.3 is 15.3 Å². The predicted molar refractivity (Wildman–Crippen MR) is 62.4 cm³/mol. The van der Waals surface area contributed by atoms with Crippen molar-refractivity contribution in [2.75, 3.05) is 26.7 Å². The van der Waals surface area contributed by atoms with Crippen LogP contribution in [-0.2, 0) is 4.79 Å². The Labute approximate surface area is 97.0 Å². The lowest BCUT2D eigenvalue weighted by atomic mass is 9.81. The Kier molecular flexibility index (Phi) is 3.22. The Morgan fingerprint density at radius 3 is 2.81 bits per heavy atom. The summed E-state index contributed by atoms with van der Waals surface area (Å²) in [4.78, 5) is 13.5. The summed E-state index contributed by atoms with van der Waals surface area (Å²) in [6, 6.07) is 0. The number of aliphatic carboxylic acids is 1. The van der Waals surface area contributed by atoms with Crippen molar-refractivity contribution in [2.45, 2.75) is 31.7 Å². The number of nitrogens with zero attached hydrogens (tertiary/aromatic N) is 1. The second-order valence-electron chi connectivity index (χ2n) is 5.65. The van der Waals surface area contributed by atoms with Gasteiger partial charge in [-0.15, -0.1) is 0 Å². The molecule has 0 aliphatic carbocycles. The minimum Gasteiger partial charge on any atom is -0.480 e. The van der Waals surface area contributed by atoms with Gasteiger partial charge in [0.15, 0.2) is 0 Å². The van der Waals surface area contributed by atoms with E-state index in [0.717, 1.165) is 19.5 Å². The Bertz CT molecular complexity index is 282. The maximum absolute atomic E-state index is 11.1. The third kappa shape index (κ3) is 2.23. The highest BCUT2D eigenvalue weighted by Gasteiger charge is 2.43. The van der Waals surface area contributed by atoms with Crippen molar-refractivity contribution in [1.82, 2.24) is 10.2 Å². The summed E-state index contributed by atoms with van der Waals surface area (Å²) in [5.41, 5.74) is -0.694. The van der Waals surface area contributed by atoms with Crippen molar-refractivity contribution in [3.05, 3.63) is 0 Å². The first-order chi connectivity index (χ1) is 7.51. The molecule has 2 heterocycles. The molecule has 0 saturated carbocycles. The van der Waals surface area contributed by atoms with Crippen LogP contribution in [0.3, 0.4) is 0 Å². The van der Waals surface area contributed by atoms with Crippen molar-refractivity contribution >= 4 is 5.97 Å². The summed E-state index contributed by atoms with van der Waals surface area (Å²) < 4.78 is 0. The van der Waals surface area contributed by atoms with Crippen molar-refractivity contribution in [3.63, 3.8) is 0 Å². The van der Waals surface area contributed by atoms with Crippen LogP contribution in [0.15, 0.2) is 0 Å². The molecule has 16 heavy (non-hydrogen) atoms. The highest BCUT2D eigenvalue weighted by atomic mass is 16.4. The molecule has 0 radical (unpaired) electrons. The van der Waals surface area contributed by atoms with Gasteiger partial charge in [-0.1, -0.05) is 0 Å². The highest BCUT2D eigenvalue weighted by Crippen LogP contribution is 2.33. The van der Waals surface area contributed by atoms with Gasteiger partial charge >= 0.3 is 5.97 Å². The number of hydrogen-bond acceptors (Lipinski definition) is 3. The van der Waals surface area contributed by atoms with E-state index in [9.17, 15) is 4.79 Å². The van der Waals surface area contributed by atoms with Crippen LogP contribution in [-0.4, -0.2) is 48.2 Å². The molecule has 2 rings (SSSR count). The molecule has 2 fully saturated rings. The van der Waals surface area contributed by atoms with Gasteiger partial charge in [0.1, 0.15) is 5.54 Å². The molecule has 0 aromatic carbocycles. The van der Waals surface area contributed by atoms with Gasteiger partial charge in [-0.2, -0.15) is 0 Å². The molecule has 2 N–H and O–H groups in total. The Hall–Kier alpha value is -0.610. The first-order valence-corrected chi connectivity index (χ1v) is 6.18. The zero-order valence-electron chi connectivity index (χ0n) is 10.2. The Morgan fingerprint density at radius 1 is 1.50 bits per heavy atom. The number of carboxylic acid groups (broad SMARTS) is 1. The van der Waals surface area contributed by atoms with Gasteiger partial charge in [-0.05, 0) is 58.2 Å². The molecule has 2 aliphatic heterocycles. The van der Waals surface area contributed by atoms with E-state index < -0.39 is 11.5 Å². The van der Waals surface area contributed by atoms with Crippen LogP contribution >= 0.6 is 0 Å². The molecular weight excluding hydrogens is 204 g/mol. The minimum absolute atomic E-state index is 0.531. The van der Waals surface area contributed by atoms with E-state index in [1.54, 1.807) is 0 Å². The second kappa shape index (κ2) is 4.34. The molecule has 4 heteroatoms. The van der Waals surface area contributed by atoms with Gasteiger partial charge in [-0.25, -0.2) is 0 Å². The standard InChI is InChI=1S/C12H22N2O2/c1-12(11(15)16)6-10(7-13-12)9-4-3-5-14(2)8-9/h9-10,13H,3-8H2,1-2H3,(H,15,16). The third-order valence-corrected chi connectivity index (χ3v) is 4.22. The summed E-state index contributed by atoms with van der Waals surface area (Å²) in [6.07, 6.45) is 3.29. The smallest absolute Gasteiger partial charge is 0.323 e. The van der Waals surface area contributed by atoms with E-state index >= 15 is 0 Å². The molecule has 4 nitrogen and oxygen atoms in total. The van der Waals surface area contributed by atoms with Gasteiger partial charge in [0, 0.05) is 6.54 Å². The molecule has 0 bridgehead atoms. The number of nitrogens with one attached hydrogen (secondary N) is 1. The third-order valence-electron chi connectivity index (χ3n) is 4.22. The average Bonchev–Trinajstić information content (AvgIpc) is 2.62. The fraction of sp³-hybridized carbons (Fsp3) is 0.917. The second-order valence-corrected chi connectivity index (χ2v) is 5.65. The van der Waals surface area contributed by atoms with Crippen molar-refractivity contribution < 1.29 is 9.90 Å². The van der Waals surface area contributed by atoms with Gasteiger partial charge in [-0.3, -0.25) is 4.79 Å². The zero-order valence-corrected chi connectivity index (χ0v) is 10.2. The predicted octanol–water partition coefficient (Wildman–Crippen LogP) is 0.781. The summed E-state index contributed by atoms with van der Waals surface area (Å²) in [5, 5.41) is 12.3. The topological polar surface area (TPSA) is 52.6 Å². The Morgan fingerprint density at radius 2 is 2.25 bits per heavy atom. The summed E-state index contributed by atoms with van der Waals surface area (Å²) in [7, 11) is 2.16. The largest absolute Gasteiger partial charge is 0.480 e. The fourth-order valence-electron chi connectivity index (χ4n) is 3.11. The van der Waals surface area contributed by atoms with E-state index in [2.05, 4.69) is 17.3 Å². The van der Waals surface area contributed by atoms with Gasteiger partial charge in [0.25, 0.3) is 0 Å². The van der Waals surface area contributed by atoms with Gasteiger partial charge in [0.2, 0.25) is 0 Å². The summed E-state index contributed by atoms with van der Waals surface area (Å²) >= 11 is 0. The number of carbonyl (C=O) groups is 1. The zero-order chi connectivity index (χ0) is 11.8. The van der Waals surface area contributed by atoms with Crippen LogP contribution in [0.4, 0.5) is 0 Å². The van der Waals surface area contributed by atoms with E-state index in [4.69, 9.17) is 5.11 Å². The molecule has 92 valence electrons. The molecule has 2 aliphatic rings. The highest BCUT2D eigenvalue weighted by molar-refractivity contribution is 5.78. The fourth-order valence-corrected chi connectivity index (χ4v) is 3.11. The lowest BCUT2D eigenvalue weighted by Crippen LogP contribution is -2.44. The first kappa shape index (κ1) is 11.9. The molecule has 0 spiro atoms. The monoisotopic (exact) mass is 226 g/mol. The van der Waals surface area contributed by atoms with Crippen molar-refractivity contribution in [2.24, 2.45) is 11.8 Å². The van der Waals surface area contributed by atoms with Crippen LogP contribution in [0.5, 0.6) is 0 Å². The number of likely N-dealkylation sites (tertiary alicyclic amines) is 1. The number of piperidine rings is 1. The maximum Gasteiger partial charge on any atom is 0.323 e. The minimum atomic E-state index is -0.709. The summed E-state index contributed by atoms with van der Waals surface area (Å²) in [6.45, 7) is 4.98. The molecule has 0 aromatic heterocycles. The van der Waals surface area contributed by atoms with Crippen molar-refractivity contribution in [3.8, 4) is 0 Å². The number of carboxylic acids is 1. The van der Waals surface area contributed by atoms with Crippen LogP contribution in [0, 0.1) is 11.8 Å². The lowest BCUT2D eigenvalue weighted by Gasteiger charge is -2.33. The molecule has 3 unspecified atom stereocenters. The quantitative estimate of drug-likeness (QED) is 0.730.